The minimum atomic E-state index is -5.08. The second-order valence-electron chi connectivity index (χ2n) is 8.54. The van der Waals surface area contributed by atoms with Crippen molar-refractivity contribution in [1.82, 2.24) is 24.4 Å². The molecule has 2 aromatic heterocycles. The van der Waals surface area contributed by atoms with Gasteiger partial charge in [0.1, 0.15) is 0 Å². The molecule has 2 aromatic carbocycles. The fourth-order valence-electron chi connectivity index (χ4n) is 4.27. The van der Waals surface area contributed by atoms with Crippen molar-refractivity contribution in [3.63, 3.8) is 0 Å². The van der Waals surface area contributed by atoms with E-state index < -0.39 is 23.4 Å². The highest BCUT2D eigenvalue weighted by molar-refractivity contribution is 6.32. The van der Waals surface area contributed by atoms with Gasteiger partial charge >= 0.3 is 17.8 Å². The molecule has 40 heavy (non-hydrogen) atoms. The van der Waals surface area contributed by atoms with Crippen molar-refractivity contribution >= 4 is 34.7 Å². The number of para-hydroxylation sites is 1. The number of aromatic nitrogens is 4. The predicted molar refractivity (Wildman–Crippen MR) is 137 cm³/mol. The van der Waals surface area contributed by atoms with E-state index in [0.29, 0.717) is 46.9 Å². The third-order valence-electron chi connectivity index (χ3n) is 6.04. The van der Waals surface area contributed by atoms with E-state index in [4.69, 9.17) is 36.0 Å². The molecule has 12 nitrogen and oxygen atoms in total. The first-order chi connectivity index (χ1) is 19.1. The number of benzene rings is 2. The molecule has 2 aliphatic heterocycles. The summed E-state index contributed by atoms with van der Waals surface area (Å²) in [7, 11) is 0. The highest BCUT2D eigenvalue weighted by Gasteiger charge is 2.38. The molecule has 16 heteroatoms. The highest BCUT2D eigenvalue weighted by Crippen LogP contribution is 2.35. The van der Waals surface area contributed by atoms with Crippen molar-refractivity contribution < 1.29 is 32.5 Å². The molecule has 0 saturated carbocycles. The van der Waals surface area contributed by atoms with E-state index in [1.807, 2.05) is 18.2 Å². The fraction of sp³-hybridized carbons (Fsp3) is 0.250. The number of anilines is 1. The predicted octanol–water partition coefficient (Wildman–Crippen LogP) is 2.29. The van der Waals surface area contributed by atoms with Gasteiger partial charge in [-0.05, 0) is 24.3 Å². The lowest BCUT2D eigenvalue weighted by atomic mass is 10.2. The van der Waals surface area contributed by atoms with Crippen molar-refractivity contribution in [3.8, 4) is 22.9 Å². The number of carboxylic acids is 1. The molecule has 3 N–H and O–H groups in total. The van der Waals surface area contributed by atoms with Gasteiger partial charge in [-0.25, -0.2) is 14.2 Å². The summed E-state index contributed by atoms with van der Waals surface area (Å²) in [6.45, 7) is 3.05. The zero-order valence-corrected chi connectivity index (χ0v) is 21.1. The Morgan fingerprint density at radius 1 is 1.02 bits per heavy atom. The Bertz CT molecular complexity index is 1710. The van der Waals surface area contributed by atoms with Crippen molar-refractivity contribution in [2.24, 2.45) is 0 Å². The summed E-state index contributed by atoms with van der Waals surface area (Å²) in [6.07, 6.45) is -5.08. The van der Waals surface area contributed by atoms with Crippen LogP contribution in [0.3, 0.4) is 0 Å². The number of carboxylic acid groups (broad SMARTS) is 1. The Morgan fingerprint density at radius 2 is 1.70 bits per heavy atom. The topological polar surface area (TPSA) is 144 Å². The quantitative estimate of drug-likeness (QED) is 0.332. The number of piperazine rings is 1. The second-order valence-corrected chi connectivity index (χ2v) is 8.95. The molecule has 4 aromatic rings. The van der Waals surface area contributed by atoms with Gasteiger partial charge in [0.2, 0.25) is 12.7 Å². The molecule has 0 aliphatic carbocycles. The maximum absolute atomic E-state index is 13.1. The molecule has 0 radical (unpaired) electrons. The van der Waals surface area contributed by atoms with Gasteiger partial charge in [0.15, 0.2) is 22.7 Å². The summed E-state index contributed by atoms with van der Waals surface area (Å²) >= 11 is 6.54. The third-order valence-corrected chi connectivity index (χ3v) is 6.36. The van der Waals surface area contributed by atoms with Crippen LogP contribution in [0.1, 0.15) is 0 Å². The van der Waals surface area contributed by atoms with Crippen molar-refractivity contribution in [3.05, 3.63) is 68.3 Å². The Balaban J connectivity index is 0.000000411. The van der Waals surface area contributed by atoms with Crippen LogP contribution in [0.5, 0.6) is 11.5 Å². The number of fused-ring (bicyclic) bond motifs is 2. The van der Waals surface area contributed by atoms with Gasteiger partial charge < -0.3 is 24.8 Å². The average Bonchev–Trinajstić information content (AvgIpc) is 3.54. The number of aromatic amines is 1. The number of rotatable bonds is 3. The van der Waals surface area contributed by atoms with Crippen LogP contribution in [0.15, 0.2) is 52.1 Å². The average molecular weight is 581 g/mol. The molecule has 1 fully saturated rings. The number of ether oxygens (including phenoxy) is 2. The van der Waals surface area contributed by atoms with Gasteiger partial charge in [-0.3, -0.25) is 14.3 Å². The van der Waals surface area contributed by atoms with Gasteiger partial charge in [-0.15, -0.1) is 0 Å². The summed E-state index contributed by atoms with van der Waals surface area (Å²) in [5.41, 5.74) is 0.436. The van der Waals surface area contributed by atoms with E-state index in [1.54, 1.807) is 28.8 Å². The lowest BCUT2D eigenvalue weighted by Crippen LogP contribution is -2.44. The molecule has 210 valence electrons. The largest absolute Gasteiger partial charge is 0.490 e. The molecule has 0 bridgehead atoms. The SMILES string of the molecule is O=C(O)C(F)(F)F.O=c1[nH]c(=O)n(-c2ccc3c(c2)OCO3)c2nc(N3CCNCC3)n(-c3ccccc3Cl)c12. The number of hydrogen-bond acceptors (Lipinski definition) is 8. The minimum Gasteiger partial charge on any atom is -0.475 e. The molecular weight excluding hydrogens is 561 g/mol. The first-order valence-corrected chi connectivity index (χ1v) is 12.1. The monoisotopic (exact) mass is 580 g/mol. The Labute approximate surface area is 227 Å². The van der Waals surface area contributed by atoms with Gasteiger partial charge in [0.25, 0.3) is 5.56 Å². The number of halogens is 4. The highest BCUT2D eigenvalue weighted by atomic mass is 35.5. The van der Waals surface area contributed by atoms with Gasteiger partial charge in [0, 0.05) is 32.2 Å². The second kappa shape index (κ2) is 10.6. The lowest BCUT2D eigenvalue weighted by molar-refractivity contribution is -0.192. The molecule has 6 rings (SSSR count). The van der Waals surface area contributed by atoms with E-state index in [9.17, 15) is 22.8 Å². The van der Waals surface area contributed by atoms with Crippen molar-refractivity contribution in [1.29, 1.82) is 0 Å². The Kier molecular flexibility index (Phi) is 7.16. The van der Waals surface area contributed by atoms with E-state index >= 15 is 0 Å². The van der Waals surface area contributed by atoms with Crippen molar-refractivity contribution in [2.45, 2.75) is 6.18 Å². The molecule has 4 heterocycles. The standard InChI is InChI=1S/C22H19ClN6O4.C2HF3O2/c23-14-3-1-2-4-15(14)29-18-19(25-21(29)27-9-7-24-8-10-27)28(22(31)26-20(18)30)13-5-6-16-17(11-13)33-12-32-16;3-2(4,5)1(6)7/h1-6,11,24H,7-10,12H2,(H,26,30,31);(H,6,7). The first-order valence-electron chi connectivity index (χ1n) is 11.7. The lowest BCUT2D eigenvalue weighted by Gasteiger charge is -2.28. The molecule has 1 saturated heterocycles. The zero-order valence-electron chi connectivity index (χ0n) is 20.4. The molecule has 0 amide bonds. The molecular formula is C24H20ClF3N6O6. The van der Waals surface area contributed by atoms with Crippen LogP contribution in [0.25, 0.3) is 22.5 Å². The third kappa shape index (κ3) is 5.08. The Hall–Kier alpha value is -4.50. The van der Waals surface area contributed by atoms with Crippen LogP contribution >= 0.6 is 11.6 Å². The number of aliphatic carboxylic acids is 1. The number of nitrogens with one attached hydrogen (secondary N) is 2. The van der Waals surface area contributed by atoms with E-state index in [2.05, 4.69) is 15.2 Å². The summed E-state index contributed by atoms with van der Waals surface area (Å²) < 4.78 is 45.7. The fourth-order valence-corrected chi connectivity index (χ4v) is 4.49. The van der Waals surface area contributed by atoms with Crippen LogP contribution in [0.4, 0.5) is 19.1 Å². The van der Waals surface area contributed by atoms with Crippen LogP contribution in [0, 0.1) is 0 Å². The normalized spacial score (nSPS) is 14.7. The molecule has 0 atom stereocenters. The van der Waals surface area contributed by atoms with Crippen LogP contribution in [-0.4, -0.2) is 69.3 Å². The number of H-pyrrole nitrogens is 1. The minimum absolute atomic E-state index is 0.114. The van der Waals surface area contributed by atoms with Crippen molar-refractivity contribution in [2.75, 3.05) is 37.9 Å². The number of carbonyl (C=O) groups is 1. The number of imidazole rings is 1. The summed E-state index contributed by atoms with van der Waals surface area (Å²) in [5.74, 6) is -1.10. The summed E-state index contributed by atoms with van der Waals surface area (Å²) in [4.78, 5) is 44.3. The number of hydrogen-bond donors (Lipinski definition) is 3. The molecule has 0 unspecified atom stereocenters. The summed E-state index contributed by atoms with van der Waals surface area (Å²) in [5, 5.41) is 10.9. The van der Waals surface area contributed by atoms with Gasteiger partial charge in [0.05, 0.1) is 16.4 Å². The van der Waals surface area contributed by atoms with E-state index in [1.165, 1.54) is 4.57 Å². The van der Waals surface area contributed by atoms with Gasteiger partial charge in [-0.1, -0.05) is 23.7 Å². The van der Waals surface area contributed by atoms with E-state index in [0.717, 1.165) is 13.1 Å². The maximum atomic E-state index is 13.1. The maximum Gasteiger partial charge on any atom is 0.490 e. The van der Waals surface area contributed by atoms with Crippen LogP contribution < -0.4 is 30.9 Å². The first kappa shape index (κ1) is 27.1. The molecule has 2 aliphatic rings. The van der Waals surface area contributed by atoms with Crippen LogP contribution in [0.2, 0.25) is 5.02 Å². The van der Waals surface area contributed by atoms with Gasteiger partial charge in [-0.2, -0.15) is 18.2 Å². The zero-order chi connectivity index (χ0) is 28.6. The number of alkyl halides is 3. The smallest absolute Gasteiger partial charge is 0.475 e. The molecule has 0 spiro atoms. The van der Waals surface area contributed by atoms with E-state index in [-0.39, 0.29) is 18.0 Å². The van der Waals surface area contributed by atoms with Crippen LogP contribution in [-0.2, 0) is 4.79 Å². The Morgan fingerprint density at radius 3 is 2.38 bits per heavy atom. The number of nitrogens with zero attached hydrogens (tertiary/aromatic N) is 4. The summed E-state index contributed by atoms with van der Waals surface area (Å²) in [6, 6.07) is 12.4.